The third-order valence-corrected chi connectivity index (χ3v) is 3.14. The average molecular weight is 223 g/mol. The first kappa shape index (κ1) is 10.2. The molecule has 0 amide bonds. The molecule has 0 fully saturated rings. The molecule has 1 aliphatic rings. The van der Waals surface area contributed by atoms with Crippen LogP contribution in [-0.2, 0) is 0 Å². The molecule has 2 aromatic carbocycles. The van der Waals surface area contributed by atoms with Crippen LogP contribution in [0.1, 0.15) is 18.1 Å². The summed E-state index contributed by atoms with van der Waals surface area (Å²) >= 11 is 0. The molecule has 0 spiro atoms. The Morgan fingerprint density at radius 3 is 2.71 bits per heavy atom. The maximum Gasteiger partial charge on any atom is 0.103 e. The van der Waals surface area contributed by atoms with Crippen LogP contribution in [0.25, 0.3) is 10.8 Å². The summed E-state index contributed by atoms with van der Waals surface area (Å²) in [5.41, 5.74) is 1.92. The van der Waals surface area contributed by atoms with Gasteiger partial charge in [0.2, 0.25) is 0 Å². The van der Waals surface area contributed by atoms with Crippen molar-refractivity contribution in [1.82, 2.24) is 0 Å². The van der Waals surface area contributed by atoms with Crippen molar-refractivity contribution in [3.05, 3.63) is 59.8 Å². The van der Waals surface area contributed by atoms with Crippen LogP contribution in [-0.4, -0.2) is 11.3 Å². The van der Waals surface area contributed by atoms with Gasteiger partial charge in [0.05, 0.1) is 0 Å². The van der Waals surface area contributed by atoms with Gasteiger partial charge in [0.15, 0.2) is 0 Å². The molecule has 0 bridgehead atoms. The first-order valence-electron chi connectivity index (χ1n) is 5.72. The Hall–Kier alpha value is -1.93. The molecule has 2 aromatic rings. The molecule has 0 saturated carbocycles. The molecule has 1 N–H and O–H groups in total. The second-order valence-electron chi connectivity index (χ2n) is 4.21. The van der Waals surface area contributed by atoms with Crippen LogP contribution in [0, 0.1) is 0 Å². The minimum absolute atomic E-state index is 0.552. The largest absolute Gasteiger partial charge is 0.384 e. The fourth-order valence-corrected chi connectivity index (χ4v) is 2.23. The van der Waals surface area contributed by atoms with Gasteiger partial charge >= 0.3 is 0 Å². The van der Waals surface area contributed by atoms with Gasteiger partial charge < -0.3 is 5.11 Å². The molecule has 3 rings (SSSR count). The van der Waals surface area contributed by atoms with Gasteiger partial charge in [-0.2, -0.15) is 0 Å². The van der Waals surface area contributed by atoms with E-state index in [4.69, 9.17) is 0 Å². The Balaban J connectivity index is 2.11. The van der Waals surface area contributed by atoms with Crippen molar-refractivity contribution in [2.45, 2.75) is 12.5 Å². The summed E-state index contributed by atoms with van der Waals surface area (Å²) in [7, 11) is 0. The number of rotatable bonds is 2. The van der Waals surface area contributed by atoms with E-state index in [0.717, 1.165) is 28.3 Å². The topological polar surface area (TPSA) is 32.6 Å². The first-order valence-corrected chi connectivity index (χ1v) is 5.72. The number of hydrogen-bond acceptors (Lipinski definition) is 2. The van der Waals surface area contributed by atoms with E-state index < -0.39 is 6.10 Å². The minimum Gasteiger partial charge on any atom is -0.384 e. The van der Waals surface area contributed by atoms with Crippen LogP contribution < -0.4 is 0 Å². The monoisotopic (exact) mass is 223 g/mol. The molecule has 17 heavy (non-hydrogen) atoms. The van der Waals surface area contributed by atoms with Gasteiger partial charge in [-0.3, -0.25) is 4.99 Å². The van der Waals surface area contributed by atoms with Crippen molar-refractivity contribution in [1.29, 1.82) is 0 Å². The van der Waals surface area contributed by atoms with Gasteiger partial charge in [0.25, 0.3) is 0 Å². The second-order valence-corrected chi connectivity index (χ2v) is 4.21. The molecule has 1 aliphatic heterocycles. The third kappa shape index (κ3) is 1.77. The summed E-state index contributed by atoms with van der Waals surface area (Å²) in [5.74, 6) is 0. The quantitative estimate of drug-likeness (QED) is 0.833. The molecule has 1 atom stereocenters. The number of benzene rings is 2. The van der Waals surface area contributed by atoms with Crippen LogP contribution in [0.4, 0.5) is 0 Å². The number of aliphatic hydroxyl groups is 1. The normalized spacial score (nSPS) is 16.2. The molecule has 0 aromatic heterocycles. The average Bonchev–Trinajstić information content (AvgIpc) is 2.91. The fraction of sp³-hybridized carbons (Fsp3) is 0.133. The summed E-state index contributed by atoms with van der Waals surface area (Å²) in [6.45, 7) is 0. The van der Waals surface area contributed by atoms with Crippen LogP contribution in [0.2, 0.25) is 0 Å². The van der Waals surface area contributed by atoms with E-state index in [1.807, 2.05) is 36.5 Å². The summed E-state index contributed by atoms with van der Waals surface area (Å²) in [5, 5.41) is 12.6. The molecule has 0 saturated heterocycles. The lowest BCUT2D eigenvalue weighted by Gasteiger charge is -2.14. The molecule has 0 radical (unpaired) electrons. The highest BCUT2D eigenvalue weighted by Gasteiger charge is 2.16. The van der Waals surface area contributed by atoms with Gasteiger partial charge in [-0.25, -0.2) is 0 Å². The standard InChI is InChI=1S/C15H13NO/c17-15(12-8-9-16-10-12)14-7-3-5-11-4-1-2-6-13(11)14/h1-7,9-10,15,17H,8H2. The van der Waals surface area contributed by atoms with E-state index in [1.54, 1.807) is 6.20 Å². The lowest BCUT2D eigenvalue weighted by molar-refractivity contribution is 0.216. The van der Waals surface area contributed by atoms with Gasteiger partial charge in [0.1, 0.15) is 6.10 Å². The lowest BCUT2D eigenvalue weighted by atomic mass is 9.95. The number of hydrogen-bond donors (Lipinski definition) is 1. The molecular weight excluding hydrogens is 210 g/mol. The van der Waals surface area contributed by atoms with E-state index in [1.165, 1.54) is 0 Å². The maximum absolute atomic E-state index is 10.4. The van der Waals surface area contributed by atoms with Crippen LogP contribution >= 0.6 is 0 Å². The molecule has 84 valence electrons. The second kappa shape index (κ2) is 4.15. The summed E-state index contributed by atoms with van der Waals surface area (Å²) in [6.07, 6.45) is 3.77. The zero-order valence-corrected chi connectivity index (χ0v) is 9.38. The molecule has 2 heteroatoms. The summed E-state index contributed by atoms with van der Waals surface area (Å²) in [4.78, 5) is 4.04. The van der Waals surface area contributed by atoms with Crippen molar-refractivity contribution in [2.24, 2.45) is 4.99 Å². The lowest BCUT2D eigenvalue weighted by Crippen LogP contribution is -2.01. The molecular formula is C15H13NO. The van der Waals surface area contributed by atoms with Crippen molar-refractivity contribution in [3.8, 4) is 0 Å². The summed E-state index contributed by atoms with van der Waals surface area (Å²) < 4.78 is 0. The molecule has 1 heterocycles. The smallest absolute Gasteiger partial charge is 0.103 e. The van der Waals surface area contributed by atoms with Crippen LogP contribution in [0.3, 0.4) is 0 Å². The predicted octanol–water partition coefficient (Wildman–Crippen LogP) is 3.23. The van der Waals surface area contributed by atoms with E-state index in [0.29, 0.717) is 0 Å². The zero-order valence-electron chi connectivity index (χ0n) is 9.38. The number of aliphatic hydroxyl groups excluding tert-OH is 1. The van der Waals surface area contributed by atoms with Crippen molar-refractivity contribution < 1.29 is 5.11 Å². The van der Waals surface area contributed by atoms with Gasteiger partial charge in [-0.1, -0.05) is 42.5 Å². The Morgan fingerprint density at radius 1 is 1.06 bits per heavy atom. The number of nitrogens with zero attached hydrogens (tertiary/aromatic N) is 1. The predicted molar refractivity (Wildman–Crippen MR) is 70.1 cm³/mol. The fourth-order valence-electron chi connectivity index (χ4n) is 2.23. The minimum atomic E-state index is -0.552. The van der Waals surface area contributed by atoms with Gasteiger partial charge in [-0.05, 0) is 21.9 Å². The summed E-state index contributed by atoms with van der Waals surface area (Å²) in [6, 6.07) is 14.1. The van der Waals surface area contributed by atoms with E-state index in [9.17, 15) is 5.11 Å². The first-order chi connectivity index (χ1) is 8.36. The van der Waals surface area contributed by atoms with Crippen molar-refractivity contribution >= 4 is 17.0 Å². The highest BCUT2D eigenvalue weighted by molar-refractivity contribution is 5.86. The van der Waals surface area contributed by atoms with E-state index in [2.05, 4.69) is 17.1 Å². The number of fused-ring (bicyclic) bond motifs is 1. The zero-order chi connectivity index (χ0) is 11.7. The van der Waals surface area contributed by atoms with E-state index >= 15 is 0 Å². The maximum atomic E-state index is 10.4. The molecule has 1 unspecified atom stereocenters. The van der Waals surface area contributed by atoms with Gasteiger partial charge in [-0.15, -0.1) is 0 Å². The van der Waals surface area contributed by atoms with Crippen LogP contribution in [0.15, 0.2) is 59.2 Å². The van der Waals surface area contributed by atoms with Crippen LogP contribution in [0.5, 0.6) is 0 Å². The Morgan fingerprint density at radius 2 is 1.88 bits per heavy atom. The van der Waals surface area contributed by atoms with E-state index in [-0.39, 0.29) is 0 Å². The SMILES string of the molecule is OC(C1=CN=CC1)c1cccc2ccccc12. The Bertz CT molecular complexity index is 608. The highest BCUT2D eigenvalue weighted by atomic mass is 16.3. The third-order valence-electron chi connectivity index (χ3n) is 3.14. The number of aliphatic imine (C=N–C) groups is 1. The van der Waals surface area contributed by atoms with Crippen molar-refractivity contribution in [2.75, 3.05) is 0 Å². The Kier molecular flexibility index (Phi) is 2.50. The van der Waals surface area contributed by atoms with Crippen molar-refractivity contribution in [3.63, 3.8) is 0 Å². The Labute approximate surface area is 99.9 Å². The van der Waals surface area contributed by atoms with Gasteiger partial charge in [0, 0.05) is 18.8 Å². The molecule has 0 aliphatic carbocycles. The molecule has 2 nitrogen and oxygen atoms in total. The highest BCUT2D eigenvalue weighted by Crippen LogP contribution is 2.30.